The van der Waals surface area contributed by atoms with Crippen LogP contribution in [0.15, 0.2) is 82.6 Å². The number of nitrogens with one attached hydrogen (secondary N) is 1. The Hall–Kier alpha value is -4.68. The van der Waals surface area contributed by atoms with E-state index in [1.165, 1.54) is 16.7 Å². The number of carbonyl (C=O) groups excluding carboxylic acids is 4. The van der Waals surface area contributed by atoms with Crippen LogP contribution in [-0.4, -0.2) is 47.2 Å². The number of ether oxygens (including phenoxy) is 2. The molecule has 0 spiro atoms. The Balaban J connectivity index is 1.37. The van der Waals surface area contributed by atoms with Gasteiger partial charge in [0, 0.05) is 16.5 Å². The van der Waals surface area contributed by atoms with Gasteiger partial charge in [0.1, 0.15) is 17.5 Å². The number of thioether (sulfide) groups is 1. The van der Waals surface area contributed by atoms with Crippen LogP contribution in [-0.2, 0) is 25.7 Å². The van der Waals surface area contributed by atoms with E-state index in [4.69, 9.17) is 9.47 Å². The van der Waals surface area contributed by atoms with Gasteiger partial charge in [0.2, 0.25) is 17.7 Å². The van der Waals surface area contributed by atoms with Crippen molar-refractivity contribution in [2.75, 3.05) is 23.9 Å². The third-order valence-corrected chi connectivity index (χ3v) is 10.4. The summed E-state index contributed by atoms with van der Waals surface area (Å²) >= 11 is 2.12. The second-order valence-corrected chi connectivity index (χ2v) is 12.8. The molecule has 45 heavy (non-hydrogen) atoms. The SMILES string of the molecule is CCOC(=O)c1ccc(N2C(=O)C3Sc4c(sc(=O)n4CC(=O)Nc4ccc(C)cc4)C(c4ccc(OC)cc4)C3C2=O)cc1. The van der Waals surface area contributed by atoms with Crippen molar-refractivity contribution in [3.8, 4) is 5.75 Å². The molecule has 6 rings (SSSR count). The minimum absolute atomic E-state index is 0.222. The zero-order valence-corrected chi connectivity index (χ0v) is 26.3. The van der Waals surface area contributed by atoms with Crippen LogP contribution >= 0.6 is 23.1 Å². The average Bonchev–Trinajstić information content (AvgIpc) is 3.48. The van der Waals surface area contributed by atoms with Gasteiger partial charge in [0.05, 0.1) is 35.9 Å². The summed E-state index contributed by atoms with van der Waals surface area (Å²) in [5, 5.41) is 2.48. The van der Waals surface area contributed by atoms with Gasteiger partial charge in [-0.25, -0.2) is 9.69 Å². The minimum atomic E-state index is -0.845. The number of methoxy groups -OCH3 is 1. The summed E-state index contributed by atoms with van der Waals surface area (Å²) in [5.74, 6) is -2.52. The molecule has 0 bridgehead atoms. The molecule has 1 N–H and O–H groups in total. The lowest BCUT2D eigenvalue weighted by Gasteiger charge is -2.30. The number of imide groups is 1. The van der Waals surface area contributed by atoms with Crippen LogP contribution in [0.2, 0.25) is 0 Å². The summed E-state index contributed by atoms with van der Waals surface area (Å²) in [6.45, 7) is 3.63. The van der Waals surface area contributed by atoms with E-state index in [0.29, 0.717) is 32.6 Å². The number of carbonyl (C=O) groups is 4. The largest absolute Gasteiger partial charge is 0.497 e. The minimum Gasteiger partial charge on any atom is -0.497 e. The van der Waals surface area contributed by atoms with Crippen molar-refractivity contribution in [1.82, 2.24) is 4.57 Å². The molecule has 0 aliphatic carbocycles. The molecule has 3 aromatic carbocycles. The highest BCUT2D eigenvalue weighted by Gasteiger charge is 2.56. The molecule has 0 radical (unpaired) electrons. The third kappa shape index (κ3) is 5.67. The molecule has 3 atom stereocenters. The third-order valence-electron chi connectivity index (χ3n) is 7.80. The summed E-state index contributed by atoms with van der Waals surface area (Å²) in [7, 11) is 1.55. The standard InChI is InChI=1S/C33H29N3O7S2/c1-4-43-32(40)20-7-13-22(14-8-20)36-29(38)26-25(19-9-15-23(42-3)16-10-19)28-31(44-27(26)30(36)39)35(33(41)45-28)17-24(37)34-21-11-5-18(2)6-12-21/h5-16,25-27H,4,17H2,1-3H3,(H,34,37). The number of thiazole rings is 1. The Morgan fingerprint density at radius 3 is 2.24 bits per heavy atom. The second-order valence-electron chi connectivity index (χ2n) is 10.6. The number of fused-ring (bicyclic) bond motifs is 2. The average molecular weight is 644 g/mol. The fourth-order valence-electron chi connectivity index (χ4n) is 5.62. The normalized spacial score (nSPS) is 18.7. The van der Waals surface area contributed by atoms with E-state index in [9.17, 15) is 24.0 Å². The van der Waals surface area contributed by atoms with Crippen LogP contribution < -0.4 is 19.8 Å². The van der Waals surface area contributed by atoms with E-state index >= 15 is 0 Å². The molecule has 12 heteroatoms. The summed E-state index contributed by atoms with van der Waals surface area (Å²) in [6.07, 6.45) is 0. The van der Waals surface area contributed by atoms with E-state index < -0.39 is 34.9 Å². The van der Waals surface area contributed by atoms with Crippen LogP contribution in [0.3, 0.4) is 0 Å². The van der Waals surface area contributed by atoms with Crippen molar-refractivity contribution in [1.29, 1.82) is 0 Å². The molecular weight excluding hydrogens is 615 g/mol. The highest BCUT2D eigenvalue weighted by molar-refractivity contribution is 8.00. The van der Waals surface area contributed by atoms with Crippen LogP contribution in [0, 0.1) is 12.8 Å². The lowest BCUT2D eigenvalue weighted by Crippen LogP contribution is -2.33. The van der Waals surface area contributed by atoms with Gasteiger partial charge in [0.15, 0.2) is 0 Å². The Morgan fingerprint density at radius 1 is 0.911 bits per heavy atom. The Kier molecular flexibility index (Phi) is 8.34. The quantitative estimate of drug-likeness (QED) is 0.214. The molecule has 230 valence electrons. The van der Waals surface area contributed by atoms with Gasteiger partial charge >= 0.3 is 10.8 Å². The topological polar surface area (TPSA) is 124 Å². The number of rotatable bonds is 8. The summed E-state index contributed by atoms with van der Waals surface area (Å²) < 4.78 is 11.8. The highest BCUT2D eigenvalue weighted by atomic mass is 32.2. The predicted octanol–water partition coefficient (Wildman–Crippen LogP) is 4.84. The van der Waals surface area contributed by atoms with E-state index in [2.05, 4.69) is 5.32 Å². The van der Waals surface area contributed by atoms with E-state index in [1.807, 2.05) is 31.2 Å². The number of amides is 3. The van der Waals surface area contributed by atoms with Gasteiger partial charge < -0.3 is 14.8 Å². The van der Waals surface area contributed by atoms with Gasteiger partial charge in [-0.2, -0.15) is 0 Å². The number of nitrogens with zero attached hydrogens (tertiary/aromatic N) is 2. The predicted molar refractivity (Wildman–Crippen MR) is 171 cm³/mol. The molecule has 10 nitrogen and oxygen atoms in total. The number of benzene rings is 3. The first-order chi connectivity index (χ1) is 21.7. The van der Waals surface area contributed by atoms with Crippen LogP contribution in [0.25, 0.3) is 0 Å². The molecule has 3 amide bonds. The molecule has 2 aliphatic rings. The molecule has 3 unspecified atom stereocenters. The summed E-state index contributed by atoms with van der Waals surface area (Å²) in [4.78, 5) is 68.1. The van der Waals surface area contributed by atoms with E-state index in [-0.39, 0.29) is 23.9 Å². The maximum absolute atomic E-state index is 14.1. The Morgan fingerprint density at radius 2 is 1.60 bits per heavy atom. The lowest BCUT2D eigenvalue weighted by molar-refractivity contribution is -0.122. The first-order valence-corrected chi connectivity index (χ1v) is 16.0. The van der Waals surface area contributed by atoms with Crippen molar-refractivity contribution < 1.29 is 28.7 Å². The maximum atomic E-state index is 14.1. The fraction of sp³-hybridized carbons (Fsp3) is 0.242. The molecular formula is C33H29N3O7S2. The molecule has 2 aliphatic heterocycles. The maximum Gasteiger partial charge on any atom is 0.338 e. The Labute approximate surface area is 267 Å². The molecule has 1 fully saturated rings. The number of hydrogen-bond acceptors (Lipinski definition) is 9. The zero-order chi connectivity index (χ0) is 31.8. The van der Waals surface area contributed by atoms with Crippen molar-refractivity contribution in [3.63, 3.8) is 0 Å². The number of anilines is 2. The van der Waals surface area contributed by atoms with Crippen molar-refractivity contribution in [2.24, 2.45) is 5.92 Å². The van der Waals surface area contributed by atoms with Crippen molar-refractivity contribution >= 4 is 58.2 Å². The fourth-order valence-corrected chi connectivity index (χ4v) is 8.40. The van der Waals surface area contributed by atoms with E-state index in [0.717, 1.165) is 39.1 Å². The zero-order valence-electron chi connectivity index (χ0n) is 24.6. The van der Waals surface area contributed by atoms with Crippen molar-refractivity contribution in [2.45, 2.75) is 36.6 Å². The monoisotopic (exact) mass is 643 g/mol. The van der Waals surface area contributed by atoms with Gasteiger partial charge in [-0.05, 0) is 67.9 Å². The molecule has 1 saturated heterocycles. The molecule has 3 heterocycles. The molecule has 1 aromatic heterocycles. The van der Waals surface area contributed by atoms with E-state index in [1.54, 1.807) is 50.4 Å². The number of esters is 1. The van der Waals surface area contributed by atoms with Gasteiger partial charge in [0.25, 0.3) is 0 Å². The van der Waals surface area contributed by atoms with Gasteiger partial charge in [-0.15, -0.1) is 0 Å². The lowest BCUT2D eigenvalue weighted by atomic mass is 9.83. The molecule has 0 saturated carbocycles. The van der Waals surface area contributed by atoms with Crippen molar-refractivity contribution in [3.05, 3.63) is 104 Å². The van der Waals surface area contributed by atoms with Crippen LogP contribution in [0.5, 0.6) is 5.75 Å². The number of aryl methyl sites for hydroxylation is 1. The molecule has 4 aromatic rings. The van der Waals surface area contributed by atoms with Crippen LogP contribution in [0.1, 0.15) is 39.2 Å². The van der Waals surface area contributed by atoms with Gasteiger partial charge in [-0.3, -0.25) is 23.7 Å². The highest BCUT2D eigenvalue weighted by Crippen LogP contribution is 2.54. The summed E-state index contributed by atoms with van der Waals surface area (Å²) in [5.41, 5.74) is 3.03. The first-order valence-electron chi connectivity index (χ1n) is 14.3. The van der Waals surface area contributed by atoms with Crippen LogP contribution in [0.4, 0.5) is 11.4 Å². The number of aromatic nitrogens is 1. The number of hydrogen-bond donors (Lipinski definition) is 1. The second kappa shape index (κ2) is 12.4. The first kappa shape index (κ1) is 30.4. The smallest absolute Gasteiger partial charge is 0.338 e. The van der Waals surface area contributed by atoms with Gasteiger partial charge in [-0.1, -0.05) is 52.9 Å². The Bertz CT molecular complexity index is 1850. The summed E-state index contributed by atoms with van der Waals surface area (Å²) in [6, 6.07) is 20.7.